The van der Waals surface area contributed by atoms with E-state index >= 15 is 0 Å². The van der Waals surface area contributed by atoms with Crippen LogP contribution in [-0.4, -0.2) is 46.8 Å². The Balaban J connectivity index is 2.08. The number of rotatable bonds is 4. The lowest BCUT2D eigenvalue weighted by molar-refractivity contribution is 0.0272. The predicted octanol–water partition coefficient (Wildman–Crippen LogP) is 0.254. The number of benzene rings is 1. The fourth-order valence-corrected chi connectivity index (χ4v) is 2.80. The van der Waals surface area contributed by atoms with E-state index in [4.69, 9.17) is 4.74 Å². The fraction of sp³-hybridized carbons (Fsp3) is 0.455. The first kappa shape index (κ1) is 13.3. The van der Waals surface area contributed by atoms with Gasteiger partial charge < -0.3 is 10.1 Å². The van der Waals surface area contributed by atoms with Crippen molar-refractivity contribution in [3.63, 3.8) is 0 Å². The van der Waals surface area contributed by atoms with Crippen LogP contribution in [0.25, 0.3) is 0 Å². The molecule has 1 saturated heterocycles. The maximum Gasteiger partial charge on any atom is 0.253 e. The standard InChI is InChI=1S/C11H17N3O3S/c1-12-10-2-4-11(5-3-10)18(15,16)13-14-6-8-17-9-7-14/h2-5,12-13H,6-9H2,1H3. The van der Waals surface area contributed by atoms with Gasteiger partial charge in [-0.2, -0.15) is 0 Å². The van der Waals surface area contributed by atoms with E-state index in [0.717, 1.165) is 5.69 Å². The summed E-state index contributed by atoms with van der Waals surface area (Å²) in [4.78, 5) is 2.81. The van der Waals surface area contributed by atoms with E-state index in [2.05, 4.69) is 10.1 Å². The zero-order valence-electron chi connectivity index (χ0n) is 10.2. The van der Waals surface area contributed by atoms with Crippen LogP contribution in [0.4, 0.5) is 5.69 Å². The summed E-state index contributed by atoms with van der Waals surface area (Å²) in [5, 5.41) is 4.60. The van der Waals surface area contributed by atoms with Crippen molar-refractivity contribution in [1.82, 2.24) is 9.84 Å². The molecular weight excluding hydrogens is 254 g/mol. The third kappa shape index (κ3) is 3.20. The van der Waals surface area contributed by atoms with Crippen LogP contribution in [0.1, 0.15) is 0 Å². The third-order valence-electron chi connectivity index (χ3n) is 2.71. The van der Waals surface area contributed by atoms with E-state index in [0.29, 0.717) is 26.3 Å². The van der Waals surface area contributed by atoms with Crippen molar-refractivity contribution in [2.45, 2.75) is 4.90 Å². The van der Waals surface area contributed by atoms with E-state index in [9.17, 15) is 8.42 Å². The Morgan fingerprint density at radius 2 is 1.78 bits per heavy atom. The van der Waals surface area contributed by atoms with Gasteiger partial charge in [0, 0.05) is 25.8 Å². The van der Waals surface area contributed by atoms with Crippen LogP contribution >= 0.6 is 0 Å². The number of hydrogen-bond acceptors (Lipinski definition) is 5. The molecule has 1 aromatic rings. The molecule has 2 N–H and O–H groups in total. The highest BCUT2D eigenvalue weighted by atomic mass is 32.2. The molecule has 0 aromatic heterocycles. The second-order valence-corrected chi connectivity index (χ2v) is 5.63. The summed E-state index contributed by atoms with van der Waals surface area (Å²) in [5.41, 5.74) is 0.875. The largest absolute Gasteiger partial charge is 0.388 e. The Morgan fingerprint density at radius 1 is 1.17 bits per heavy atom. The van der Waals surface area contributed by atoms with Gasteiger partial charge in [0.25, 0.3) is 10.0 Å². The highest BCUT2D eigenvalue weighted by molar-refractivity contribution is 7.89. The van der Waals surface area contributed by atoms with E-state index in [1.54, 1.807) is 36.3 Å². The molecular formula is C11H17N3O3S. The normalized spacial score (nSPS) is 17.6. The molecule has 1 aromatic carbocycles. The topological polar surface area (TPSA) is 70.7 Å². The van der Waals surface area contributed by atoms with Crippen LogP contribution in [0.5, 0.6) is 0 Å². The van der Waals surface area contributed by atoms with Crippen molar-refractivity contribution < 1.29 is 13.2 Å². The van der Waals surface area contributed by atoms with Gasteiger partial charge in [0.15, 0.2) is 0 Å². The zero-order valence-corrected chi connectivity index (χ0v) is 11.0. The summed E-state index contributed by atoms with van der Waals surface area (Å²) < 4.78 is 29.3. The van der Waals surface area contributed by atoms with Crippen molar-refractivity contribution in [2.24, 2.45) is 0 Å². The minimum atomic E-state index is -3.49. The Bertz CT molecular complexity index is 481. The first-order chi connectivity index (χ1) is 8.62. The Hall–Kier alpha value is -1.15. The maximum absolute atomic E-state index is 12.1. The van der Waals surface area contributed by atoms with Gasteiger partial charge >= 0.3 is 0 Å². The number of nitrogens with one attached hydrogen (secondary N) is 2. The molecule has 0 aliphatic carbocycles. The van der Waals surface area contributed by atoms with E-state index in [1.165, 1.54) is 0 Å². The number of hydrazine groups is 1. The van der Waals surface area contributed by atoms with Gasteiger partial charge in [-0.1, -0.05) is 0 Å². The monoisotopic (exact) mass is 271 g/mol. The van der Waals surface area contributed by atoms with Gasteiger partial charge in [0.1, 0.15) is 0 Å². The molecule has 1 heterocycles. The Kier molecular flexibility index (Phi) is 4.18. The molecule has 18 heavy (non-hydrogen) atoms. The van der Waals surface area contributed by atoms with Crippen molar-refractivity contribution in [3.05, 3.63) is 24.3 Å². The number of morpholine rings is 1. The SMILES string of the molecule is CNc1ccc(S(=O)(=O)NN2CCOCC2)cc1. The second-order valence-electron chi connectivity index (χ2n) is 3.97. The summed E-state index contributed by atoms with van der Waals surface area (Å²) >= 11 is 0. The minimum absolute atomic E-state index is 0.257. The van der Waals surface area contributed by atoms with E-state index < -0.39 is 10.0 Å². The van der Waals surface area contributed by atoms with Crippen LogP contribution in [0, 0.1) is 0 Å². The molecule has 6 nitrogen and oxygen atoms in total. The molecule has 0 atom stereocenters. The molecule has 1 aliphatic rings. The first-order valence-corrected chi connectivity index (χ1v) is 7.23. The van der Waals surface area contributed by atoms with Crippen LogP contribution < -0.4 is 10.1 Å². The van der Waals surface area contributed by atoms with E-state index in [1.807, 2.05) is 0 Å². The summed E-state index contributed by atoms with van der Waals surface area (Å²) in [6.07, 6.45) is 0. The quantitative estimate of drug-likeness (QED) is 0.821. The number of anilines is 1. The van der Waals surface area contributed by atoms with Crippen molar-refractivity contribution in [1.29, 1.82) is 0 Å². The average Bonchev–Trinajstić information content (AvgIpc) is 2.39. The van der Waals surface area contributed by atoms with Gasteiger partial charge in [-0.15, -0.1) is 4.83 Å². The zero-order chi connectivity index (χ0) is 13.0. The second kappa shape index (κ2) is 5.66. The molecule has 100 valence electrons. The Morgan fingerprint density at radius 3 is 2.33 bits per heavy atom. The molecule has 1 fully saturated rings. The van der Waals surface area contributed by atoms with Gasteiger partial charge in [0.05, 0.1) is 18.1 Å². The summed E-state index contributed by atoms with van der Waals surface area (Å²) in [6, 6.07) is 6.62. The smallest absolute Gasteiger partial charge is 0.253 e. The molecule has 0 bridgehead atoms. The number of sulfonamides is 1. The number of hydrogen-bond donors (Lipinski definition) is 2. The summed E-state index contributed by atoms with van der Waals surface area (Å²) in [7, 11) is -1.71. The van der Waals surface area contributed by atoms with Crippen LogP contribution in [0.2, 0.25) is 0 Å². The predicted molar refractivity (Wildman–Crippen MR) is 68.7 cm³/mol. The molecule has 2 rings (SSSR count). The maximum atomic E-state index is 12.1. The average molecular weight is 271 g/mol. The summed E-state index contributed by atoms with van der Waals surface area (Å²) in [6.45, 7) is 2.21. The van der Waals surface area contributed by atoms with Crippen molar-refractivity contribution >= 4 is 15.7 Å². The molecule has 1 aliphatic heterocycles. The first-order valence-electron chi connectivity index (χ1n) is 5.75. The lowest BCUT2D eigenvalue weighted by atomic mass is 10.3. The van der Waals surface area contributed by atoms with Crippen LogP contribution in [0.3, 0.4) is 0 Å². The molecule has 0 spiro atoms. The fourth-order valence-electron chi connectivity index (χ4n) is 1.68. The third-order valence-corrected chi connectivity index (χ3v) is 4.10. The number of nitrogens with zero attached hydrogens (tertiary/aromatic N) is 1. The Labute approximate surface area is 107 Å². The molecule has 0 radical (unpaired) electrons. The molecule has 0 saturated carbocycles. The molecule has 0 amide bonds. The van der Waals surface area contributed by atoms with Gasteiger partial charge in [-0.3, -0.25) is 0 Å². The minimum Gasteiger partial charge on any atom is -0.388 e. The molecule has 0 unspecified atom stereocenters. The van der Waals surface area contributed by atoms with Gasteiger partial charge in [-0.05, 0) is 24.3 Å². The highest BCUT2D eigenvalue weighted by Crippen LogP contribution is 2.13. The number of ether oxygens (including phenoxy) is 1. The van der Waals surface area contributed by atoms with Gasteiger partial charge in [-0.25, -0.2) is 13.4 Å². The van der Waals surface area contributed by atoms with Gasteiger partial charge in [0.2, 0.25) is 0 Å². The van der Waals surface area contributed by atoms with Crippen LogP contribution in [-0.2, 0) is 14.8 Å². The van der Waals surface area contributed by atoms with Crippen molar-refractivity contribution in [2.75, 3.05) is 38.7 Å². The van der Waals surface area contributed by atoms with Crippen molar-refractivity contribution in [3.8, 4) is 0 Å². The van der Waals surface area contributed by atoms with E-state index in [-0.39, 0.29) is 4.90 Å². The summed E-state index contributed by atoms with van der Waals surface area (Å²) in [5.74, 6) is 0. The molecule has 7 heteroatoms. The lowest BCUT2D eigenvalue weighted by Crippen LogP contribution is -2.48. The van der Waals surface area contributed by atoms with Crippen LogP contribution in [0.15, 0.2) is 29.2 Å². The lowest BCUT2D eigenvalue weighted by Gasteiger charge is -2.26. The highest BCUT2D eigenvalue weighted by Gasteiger charge is 2.19.